The molecule has 1 fully saturated rings. The van der Waals surface area contributed by atoms with Crippen LogP contribution < -0.4 is 0 Å². The molecule has 0 aliphatic carbocycles. The summed E-state index contributed by atoms with van der Waals surface area (Å²) in [4.78, 5) is 11.7. The number of hydrogen-bond donors (Lipinski definition) is 0. The van der Waals surface area contributed by atoms with E-state index in [-0.39, 0.29) is 11.8 Å². The van der Waals surface area contributed by atoms with Gasteiger partial charge in [0.2, 0.25) is 0 Å². The van der Waals surface area contributed by atoms with Crippen molar-refractivity contribution in [1.29, 1.82) is 0 Å². The molecule has 1 heterocycles. The highest BCUT2D eigenvalue weighted by molar-refractivity contribution is 5.78. The zero-order chi connectivity index (χ0) is 12.3. The van der Waals surface area contributed by atoms with Gasteiger partial charge in [-0.05, 0) is 12.5 Å². The lowest BCUT2D eigenvalue weighted by molar-refractivity contribution is -0.144. The molecule has 2 rings (SSSR count). The van der Waals surface area contributed by atoms with E-state index in [2.05, 4.69) is 0 Å². The van der Waals surface area contributed by atoms with Crippen molar-refractivity contribution in [3.05, 3.63) is 35.6 Å². The van der Waals surface area contributed by atoms with Crippen LogP contribution in [0.5, 0.6) is 0 Å². The molecule has 1 aliphatic heterocycles. The van der Waals surface area contributed by atoms with Crippen molar-refractivity contribution in [2.45, 2.75) is 12.3 Å². The Morgan fingerprint density at radius 2 is 2.24 bits per heavy atom. The summed E-state index contributed by atoms with van der Waals surface area (Å²) in [5, 5.41) is 0. The number of hydrogen-bond acceptors (Lipinski definition) is 3. The van der Waals surface area contributed by atoms with Crippen molar-refractivity contribution in [3.8, 4) is 0 Å². The van der Waals surface area contributed by atoms with E-state index in [4.69, 9.17) is 9.47 Å². The summed E-state index contributed by atoms with van der Waals surface area (Å²) < 4.78 is 23.5. The van der Waals surface area contributed by atoms with Crippen molar-refractivity contribution >= 4 is 5.97 Å². The molecule has 1 aromatic carbocycles. The number of halogens is 1. The van der Waals surface area contributed by atoms with Crippen LogP contribution in [-0.2, 0) is 14.3 Å². The van der Waals surface area contributed by atoms with Crippen molar-refractivity contribution in [2.24, 2.45) is 5.92 Å². The molecule has 1 aromatic rings. The van der Waals surface area contributed by atoms with E-state index in [1.54, 1.807) is 18.2 Å². The number of methoxy groups -OCH3 is 1. The third-order valence-corrected chi connectivity index (χ3v) is 3.04. The molecule has 4 heteroatoms. The highest BCUT2D eigenvalue weighted by Crippen LogP contribution is 2.30. The normalized spacial score (nSPS) is 17.3. The SMILES string of the molecule is COC(=O)C(CC1COC1)c1ccccc1F. The van der Waals surface area contributed by atoms with E-state index in [9.17, 15) is 9.18 Å². The molecule has 0 radical (unpaired) electrons. The number of benzene rings is 1. The Balaban J connectivity index is 2.19. The number of carbonyl (C=O) groups is 1. The Hall–Kier alpha value is -1.42. The van der Waals surface area contributed by atoms with E-state index < -0.39 is 5.92 Å². The van der Waals surface area contributed by atoms with Gasteiger partial charge in [-0.1, -0.05) is 18.2 Å². The van der Waals surface area contributed by atoms with Crippen LogP contribution in [0.3, 0.4) is 0 Å². The third kappa shape index (κ3) is 2.64. The van der Waals surface area contributed by atoms with Crippen LogP contribution in [-0.4, -0.2) is 26.3 Å². The summed E-state index contributed by atoms with van der Waals surface area (Å²) in [6, 6.07) is 6.34. The van der Waals surface area contributed by atoms with Crippen LogP contribution in [0.1, 0.15) is 17.9 Å². The van der Waals surface area contributed by atoms with Gasteiger partial charge in [0.15, 0.2) is 0 Å². The highest BCUT2D eigenvalue weighted by Gasteiger charge is 2.30. The van der Waals surface area contributed by atoms with E-state index in [1.165, 1.54) is 13.2 Å². The Labute approximate surface area is 99.5 Å². The quantitative estimate of drug-likeness (QED) is 0.754. The summed E-state index contributed by atoms with van der Waals surface area (Å²) in [6.45, 7) is 1.28. The third-order valence-electron chi connectivity index (χ3n) is 3.04. The standard InChI is InChI=1S/C13H15FO3/c1-16-13(15)11(6-9-7-17-8-9)10-4-2-3-5-12(10)14/h2-5,9,11H,6-8H2,1H3. The minimum Gasteiger partial charge on any atom is -0.469 e. The number of ether oxygens (including phenoxy) is 2. The summed E-state index contributed by atoms with van der Waals surface area (Å²) in [5.41, 5.74) is 0.409. The van der Waals surface area contributed by atoms with Crippen molar-refractivity contribution < 1.29 is 18.7 Å². The predicted octanol–water partition coefficient (Wildman–Crippen LogP) is 2.12. The lowest BCUT2D eigenvalue weighted by atomic mass is 9.87. The van der Waals surface area contributed by atoms with Gasteiger partial charge in [0, 0.05) is 11.5 Å². The van der Waals surface area contributed by atoms with E-state index in [1.807, 2.05) is 0 Å². The molecule has 0 bridgehead atoms. The van der Waals surface area contributed by atoms with Crippen LogP contribution >= 0.6 is 0 Å². The Bertz CT molecular complexity index is 401. The molecule has 1 saturated heterocycles. The van der Waals surface area contributed by atoms with Crippen molar-refractivity contribution in [2.75, 3.05) is 20.3 Å². The van der Waals surface area contributed by atoms with Gasteiger partial charge in [-0.2, -0.15) is 0 Å². The molecular weight excluding hydrogens is 223 g/mol. The molecule has 1 atom stereocenters. The van der Waals surface area contributed by atoms with E-state index in [0.717, 1.165) is 0 Å². The summed E-state index contributed by atoms with van der Waals surface area (Å²) in [5.74, 6) is -0.959. The zero-order valence-corrected chi connectivity index (χ0v) is 9.69. The van der Waals surface area contributed by atoms with Crippen LogP contribution in [0.25, 0.3) is 0 Å². The average Bonchev–Trinajstić information content (AvgIpc) is 2.29. The lowest BCUT2D eigenvalue weighted by Crippen LogP contribution is -2.31. The fraction of sp³-hybridized carbons (Fsp3) is 0.462. The topological polar surface area (TPSA) is 35.5 Å². The predicted molar refractivity (Wildman–Crippen MR) is 60.1 cm³/mol. The van der Waals surface area contributed by atoms with Gasteiger partial charge in [0.25, 0.3) is 0 Å². The van der Waals surface area contributed by atoms with Gasteiger partial charge in [-0.25, -0.2) is 4.39 Å². The summed E-state index contributed by atoms with van der Waals surface area (Å²) >= 11 is 0. The Morgan fingerprint density at radius 1 is 1.53 bits per heavy atom. The smallest absolute Gasteiger partial charge is 0.313 e. The second kappa shape index (κ2) is 5.27. The molecule has 0 aromatic heterocycles. The maximum Gasteiger partial charge on any atom is 0.313 e. The first-order valence-electron chi connectivity index (χ1n) is 5.62. The van der Waals surface area contributed by atoms with Crippen LogP contribution in [0, 0.1) is 11.7 Å². The molecule has 1 aliphatic rings. The largest absolute Gasteiger partial charge is 0.469 e. The first-order chi connectivity index (χ1) is 8.22. The van der Waals surface area contributed by atoms with Gasteiger partial charge in [-0.15, -0.1) is 0 Å². The first-order valence-corrected chi connectivity index (χ1v) is 5.62. The molecule has 0 spiro atoms. The van der Waals surface area contributed by atoms with Crippen molar-refractivity contribution in [1.82, 2.24) is 0 Å². The number of rotatable bonds is 4. The maximum atomic E-state index is 13.7. The molecule has 17 heavy (non-hydrogen) atoms. The number of esters is 1. The molecule has 1 unspecified atom stereocenters. The minimum atomic E-state index is -0.532. The highest BCUT2D eigenvalue weighted by atomic mass is 19.1. The van der Waals surface area contributed by atoms with Crippen molar-refractivity contribution in [3.63, 3.8) is 0 Å². The van der Waals surface area contributed by atoms with E-state index >= 15 is 0 Å². The average molecular weight is 238 g/mol. The monoisotopic (exact) mass is 238 g/mol. The summed E-state index contributed by atoms with van der Waals surface area (Å²) in [7, 11) is 1.33. The zero-order valence-electron chi connectivity index (χ0n) is 9.69. The maximum absolute atomic E-state index is 13.7. The molecule has 0 amide bonds. The number of carbonyl (C=O) groups excluding carboxylic acids is 1. The summed E-state index contributed by atoms with van der Waals surface area (Å²) in [6.07, 6.45) is 0.577. The second-order valence-corrected chi connectivity index (χ2v) is 4.24. The van der Waals surface area contributed by atoms with Crippen LogP contribution in [0.4, 0.5) is 4.39 Å². The van der Waals surface area contributed by atoms with Gasteiger partial charge in [-0.3, -0.25) is 4.79 Å². The minimum absolute atomic E-state index is 0.318. The Morgan fingerprint density at radius 3 is 2.76 bits per heavy atom. The first kappa shape index (κ1) is 12.0. The van der Waals surface area contributed by atoms with Gasteiger partial charge >= 0.3 is 5.97 Å². The molecule has 0 N–H and O–H groups in total. The fourth-order valence-corrected chi connectivity index (χ4v) is 2.00. The van der Waals surface area contributed by atoms with Gasteiger partial charge < -0.3 is 9.47 Å². The molecule has 0 saturated carbocycles. The van der Waals surface area contributed by atoms with Gasteiger partial charge in [0.1, 0.15) is 5.82 Å². The molecular formula is C13H15FO3. The van der Waals surface area contributed by atoms with E-state index in [0.29, 0.717) is 31.1 Å². The van der Waals surface area contributed by atoms with Crippen LogP contribution in [0.2, 0.25) is 0 Å². The molecule has 3 nitrogen and oxygen atoms in total. The second-order valence-electron chi connectivity index (χ2n) is 4.24. The lowest BCUT2D eigenvalue weighted by Gasteiger charge is -2.29. The Kier molecular flexibility index (Phi) is 3.74. The fourth-order valence-electron chi connectivity index (χ4n) is 2.00. The van der Waals surface area contributed by atoms with Gasteiger partial charge in [0.05, 0.1) is 26.2 Å². The van der Waals surface area contributed by atoms with Crippen LogP contribution in [0.15, 0.2) is 24.3 Å². The molecule has 92 valence electrons.